The van der Waals surface area contributed by atoms with Crippen molar-refractivity contribution >= 4 is 22.3 Å². The van der Waals surface area contributed by atoms with Crippen LogP contribution in [0.3, 0.4) is 0 Å². The van der Waals surface area contributed by atoms with Crippen molar-refractivity contribution in [1.82, 2.24) is 0 Å². The van der Waals surface area contributed by atoms with Crippen LogP contribution in [0.25, 0.3) is 11.1 Å². The smallest absolute Gasteiger partial charge is 0.342 e. The van der Waals surface area contributed by atoms with E-state index < -0.39 is 0 Å². The number of nitrogens with two attached hydrogens (primary N) is 1. The number of nitrogen functional groups attached to an aromatic ring is 1. The van der Waals surface area contributed by atoms with Gasteiger partial charge < -0.3 is 10.5 Å². The summed E-state index contributed by atoms with van der Waals surface area (Å²) in [6.45, 7) is 7.83. The van der Waals surface area contributed by atoms with E-state index in [0.29, 0.717) is 10.6 Å². The van der Waals surface area contributed by atoms with Gasteiger partial charge in [0, 0.05) is 10.4 Å². The van der Waals surface area contributed by atoms with Gasteiger partial charge >= 0.3 is 5.97 Å². The number of rotatable bonds is 5. The van der Waals surface area contributed by atoms with Crippen LogP contribution in [0, 0.1) is 6.92 Å². The Hall–Kier alpha value is -1.81. The van der Waals surface area contributed by atoms with Crippen molar-refractivity contribution in [3.8, 4) is 11.1 Å². The molecule has 0 radical (unpaired) electrons. The molecule has 0 aliphatic carbocycles. The first-order valence-corrected chi connectivity index (χ1v) is 8.44. The van der Waals surface area contributed by atoms with Crippen LogP contribution in [-0.2, 0) is 11.2 Å². The van der Waals surface area contributed by atoms with Crippen LogP contribution in [0.4, 0.5) is 5.00 Å². The topological polar surface area (TPSA) is 52.3 Å². The van der Waals surface area contributed by atoms with E-state index in [0.717, 1.165) is 28.8 Å². The fraction of sp³-hybridized carbons (Fsp3) is 0.389. The third-order valence-electron chi connectivity index (χ3n) is 3.44. The highest BCUT2D eigenvalue weighted by molar-refractivity contribution is 7.16. The summed E-state index contributed by atoms with van der Waals surface area (Å²) in [5, 5.41) is 0.524. The highest BCUT2D eigenvalue weighted by Gasteiger charge is 2.23. The molecule has 0 fully saturated rings. The number of hydrogen-bond acceptors (Lipinski definition) is 4. The van der Waals surface area contributed by atoms with Gasteiger partial charge in [-0.1, -0.05) is 37.6 Å². The zero-order chi connectivity index (χ0) is 16.3. The Morgan fingerprint density at radius 1 is 1.27 bits per heavy atom. The maximum absolute atomic E-state index is 12.4. The molecule has 1 aromatic carbocycles. The molecule has 0 bridgehead atoms. The lowest BCUT2D eigenvalue weighted by Gasteiger charge is -2.10. The van der Waals surface area contributed by atoms with Crippen LogP contribution in [0.2, 0.25) is 0 Å². The maximum Gasteiger partial charge on any atom is 0.342 e. The third kappa shape index (κ3) is 3.50. The Balaban J connectivity index is 2.44. The van der Waals surface area contributed by atoms with E-state index in [-0.39, 0.29) is 12.1 Å². The Morgan fingerprint density at radius 3 is 2.45 bits per heavy atom. The average Bonchev–Trinajstić information content (AvgIpc) is 2.74. The van der Waals surface area contributed by atoms with Crippen molar-refractivity contribution in [2.24, 2.45) is 0 Å². The van der Waals surface area contributed by atoms with Crippen molar-refractivity contribution in [3.63, 3.8) is 0 Å². The zero-order valence-electron chi connectivity index (χ0n) is 13.6. The molecule has 1 aromatic heterocycles. The summed E-state index contributed by atoms with van der Waals surface area (Å²) in [6, 6.07) is 8.35. The van der Waals surface area contributed by atoms with E-state index >= 15 is 0 Å². The molecule has 2 rings (SSSR count). The molecule has 0 unspecified atom stereocenters. The lowest BCUT2D eigenvalue weighted by molar-refractivity contribution is 0.0380. The highest BCUT2D eigenvalue weighted by Crippen LogP contribution is 2.38. The first-order valence-electron chi connectivity index (χ1n) is 7.63. The molecular formula is C18H23NO2S. The minimum Gasteiger partial charge on any atom is -0.459 e. The molecule has 0 saturated heterocycles. The summed E-state index contributed by atoms with van der Waals surface area (Å²) in [7, 11) is 0. The van der Waals surface area contributed by atoms with Crippen molar-refractivity contribution in [3.05, 3.63) is 40.3 Å². The van der Waals surface area contributed by atoms with E-state index in [1.807, 2.05) is 20.8 Å². The molecule has 2 N–H and O–H groups in total. The molecule has 22 heavy (non-hydrogen) atoms. The first-order chi connectivity index (χ1) is 10.4. The number of thiophene rings is 1. The molecule has 0 saturated carbocycles. The molecule has 118 valence electrons. The van der Waals surface area contributed by atoms with E-state index in [1.165, 1.54) is 16.9 Å². The molecular weight excluding hydrogens is 294 g/mol. The zero-order valence-corrected chi connectivity index (χ0v) is 14.4. The number of hydrogen-bond donors (Lipinski definition) is 1. The SMILES string of the molecule is CCCc1ccc(-c2c(C)sc(N)c2C(=O)OC(C)C)cc1. The fourth-order valence-electron chi connectivity index (χ4n) is 2.52. The molecule has 0 atom stereocenters. The van der Waals surface area contributed by atoms with Gasteiger partial charge in [0.25, 0.3) is 0 Å². The van der Waals surface area contributed by atoms with Crippen LogP contribution >= 0.6 is 11.3 Å². The third-order valence-corrected chi connectivity index (χ3v) is 4.37. The molecule has 0 spiro atoms. The number of carbonyl (C=O) groups is 1. The largest absolute Gasteiger partial charge is 0.459 e. The van der Waals surface area contributed by atoms with Crippen LogP contribution in [0.1, 0.15) is 48.0 Å². The lowest BCUT2D eigenvalue weighted by atomic mass is 9.99. The summed E-state index contributed by atoms with van der Waals surface area (Å²) in [5.41, 5.74) is 9.77. The summed E-state index contributed by atoms with van der Waals surface area (Å²) in [6.07, 6.45) is 2.02. The number of benzene rings is 1. The Bertz CT molecular complexity index is 656. The summed E-state index contributed by atoms with van der Waals surface area (Å²) >= 11 is 1.44. The van der Waals surface area contributed by atoms with Gasteiger partial charge in [0.1, 0.15) is 10.6 Å². The molecule has 0 aliphatic rings. The Morgan fingerprint density at radius 2 is 1.91 bits per heavy atom. The van der Waals surface area contributed by atoms with Gasteiger partial charge in [-0.15, -0.1) is 11.3 Å². The second kappa shape index (κ2) is 6.97. The first kappa shape index (κ1) is 16.6. The van der Waals surface area contributed by atoms with Crippen molar-refractivity contribution in [2.45, 2.75) is 46.6 Å². The molecule has 0 aliphatic heterocycles. The monoisotopic (exact) mass is 317 g/mol. The van der Waals surface area contributed by atoms with Crippen LogP contribution in [0.15, 0.2) is 24.3 Å². The average molecular weight is 317 g/mol. The highest BCUT2D eigenvalue weighted by atomic mass is 32.1. The van der Waals surface area contributed by atoms with Gasteiger partial charge in [0.05, 0.1) is 6.10 Å². The molecule has 3 nitrogen and oxygen atoms in total. The van der Waals surface area contributed by atoms with Crippen LogP contribution < -0.4 is 5.73 Å². The maximum atomic E-state index is 12.4. The Kier molecular flexibility index (Phi) is 5.24. The molecule has 2 aromatic rings. The fourth-order valence-corrected chi connectivity index (χ4v) is 3.46. The second-order valence-electron chi connectivity index (χ2n) is 5.67. The quantitative estimate of drug-likeness (QED) is 0.804. The van der Waals surface area contributed by atoms with Crippen molar-refractivity contribution in [2.75, 3.05) is 5.73 Å². The number of carbonyl (C=O) groups excluding carboxylic acids is 1. The van der Waals surface area contributed by atoms with Gasteiger partial charge in [-0.25, -0.2) is 4.79 Å². The molecule has 1 heterocycles. The predicted molar refractivity (Wildman–Crippen MR) is 93.5 cm³/mol. The number of esters is 1. The minimum absolute atomic E-state index is 0.160. The van der Waals surface area contributed by atoms with Gasteiger partial charge in [-0.2, -0.15) is 0 Å². The van der Waals surface area contributed by atoms with Crippen LogP contribution in [-0.4, -0.2) is 12.1 Å². The van der Waals surface area contributed by atoms with Gasteiger partial charge in [-0.05, 0) is 38.3 Å². The summed E-state index contributed by atoms with van der Waals surface area (Å²) < 4.78 is 5.34. The van der Waals surface area contributed by atoms with Crippen molar-refractivity contribution < 1.29 is 9.53 Å². The van der Waals surface area contributed by atoms with Gasteiger partial charge in [0.15, 0.2) is 0 Å². The van der Waals surface area contributed by atoms with Crippen molar-refractivity contribution in [1.29, 1.82) is 0 Å². The minimum atomic E-state index is -0.343. The standard InChI is InChI=1S/C18H23NO2S/c1-5-6-13-7-9-14(10-8-13)15-12(4)22-17(19)16(15)18(20)21-11(2)3/h7-11H,5-6,19H2,1-4H3. The summed E-state index contributed by atoms with van der Waals surface area (Å²) in [4.78, 5) is 13.4. The normalized spacial score (nSPS) is 11.0. The molecule has 0 amide bonds. The lowest BCUT2D eigenvalue weighted by Crippen LogP contribution is -2.13. The van der Waals surface area contributed by atoms with Gasteiger partial charge in [-0.3, -0.25) is 0 Å². The number of aryl methyl sites for hydroxylation is 2. The number of ether oxygens (including phenoxy) is 1. The van der Waals surface area contributed by atoms with Crippen LogP contribution in [0.5, 0.6) is 0 Å². The van der Waals surface area contributed by atoms with E-state index in [4.69, 9.17) is 10.5 Å². The number of anilines is 1. The van der Waals surface area contributed by atoms with Gasteiger partial charge in [0.2, 0.25) is 0 Å². The predicted octanol–water partition coefficient (Wildman–Crippen LogP) is 4.82. The van der Waals surface area contributed by atoms with E-state index in [9.17, 15) is 4.79 Å². The summed E-state index contributed by atoms with van der Waals surface area (Å²) in [5.74, 6) is -0.343. The Labute approximate surface area is 136 Å². The second-order valence-corrected chi connectivity index (χ2v) is 6.93. The molecule has 4 heteroatoms. The van der Waals surface area contributed by atoms with E-state index in [2.05, 4.69) is 31.2 Å². The van der Waals surface area contributed by atoms with E-state index in [1.54, 1.807) is 0 Å².